The Hall–Kier alpha value is -11.6. The first-order valence-electron chi connectivity index (χ1n) is 38.5. The molecule has 0 spiro atoms. The van der Waals surface area contributed by atoms with Gasteiger partial charge in [0.15, 0.2) is 0 Å². The maximum absolute atomic E-state index is 2.80. The zero-order valence-corrected chi connectivity index (χ0v) is 64.6. The Morgan fingerprint density at radius 1 is 0.241 bits per heavy atom. The molecule has 0 N–H and O–H groups in total. The van der Waals surface area contributed by atoms with Gasteiger partial charge in [-0.1, -0.05) is 356 Å². The molecule has 0 radical (unpaired) electrons. The number of nitrogens with zero attached hydrogens (tertiary/aromatic N) is 2. The molecule has 0 bridgehead atoms. The molecule has 108 heavy (non-hydrogen) atoms. The molecule has 2 aliphatic heterocycles. The molecule has 0 atom stereocenters. The molecule has 0 aliphatic carbocycles. The van der Waals surface area contributed by atoms with Gasteiger partial charge in [-0.2, -0.15) is 0 Å². The van der Waals surface area contributed by atoms with E-state index in [-0.39, 0.29) is 28.4 Å². The van der Waals surface area contributed by atoms with Gasteiger partial charge in [0.05, 0.1) is 21.8 Å². The van der Waals surface area contributed by atoms with Gasteiger partial charge >= 0.3 is 0 Å². The highest BCUT2D eigenvalue weighted by atomic mass is 32.1. The second-order valence-corrected chi connectivity index (χ2v) is 35.5. The number of thiophene rings is 1. The summed E-state index contributed by atoms with van der Waals surface area (Å²) in [5.41, 5.74) is 29.6. The lowest BCUT2D eigenvalue weighted by Gasteiger charge is -2.46. The van der Waals surface area contributed by atoms with Gasteiger partial charge in [0.2, 0.25) is 0 Å². The molecular weight excluding hydrogens is 1320 g/mol. The molecular formula is C104H87BN2S. The van der Waals surface area contributed by atoms with Crippen molar-refractivity contribution in [1.29, 1.82) is 0 Å². The van der Waals surface area contributed by atoms with Crippen LogP contribution in [0.2, 0.25) is 0 Å². The third-order valence-corrected chi connectivity index (χ3v) is 24.6. The summed E-state index contributed by atoms with van der Waals surface area (Å²) < 4.78 is 2.51. The Morgan fingerprint density at radius 3 is 1.06 bits per heavy atom. The van der Waals surface area contributed by atoms with Gasteiger partial charge in [-0.25, -0.2) is 0 Å². The summed E-state index contributed by atoms with van der Waals surface area (Å²) in [7, 11) is 0. The van der Waals surface area contributed by atoms with Gasteiger partial charge in [-0.05, 0) is 184 Å². The van der Waals surface area contributed by atoms with E-state index in [9.17, 15) is 0 Å². The number of rotatable bonds is 8. The van der Waals surface area contributed by atoms with Crippen LogP contribution in [0.1, 0.15) is 105 Å². The number of hydrogen-bond donors (Lipinski definition) is 0. The van der Waals surface area contributed by atoms with E-state index in [4.69, 9.17) is 0 Å². The number of anilines is 6. The first kappa shape index (κ1) is 67.1. The monoisotopic (exact) mass is 1410 g/mol. The summed E-state index contributed by atoms with van der Waals surface area (Å²) in [4.78, 5) is 5.57. The Bertz CT molecular complexity index is 6470. The van der Waals surface area contributed by atoms with E-state index in [2.05, 4.69) is 402 Å². The van der Waals surface area contributed by atoms with Gasteiger partial charge < -0.3 is 9.80 Å². The summed E-state index contributed by atoms with van der Waals surface area (Å²) in [5, 5.41) is 12.4. The molecule has 0 saturated carbocycles. The number of benzene rings is 16. The van der Waals surface area contributed by atoms with Crippen LogP contribution in [0.3, 0.4) is 0 Å². The topological polar surface area (TPSA) is 6.48 Å². The van der Waals surface area contributed by atoms with Gasteiger partial charge in [0.1, 0.15) is 0 Å². The van der Waals surface area contributed by atoms with Crippen molar-refractivity contribution in [3.63, 3.8) is 0 Å². The Labute approximate surface area is 640 Å². The average molecular weight is 1410 g/mol. The van der Waals surface area contributed by atoms with E-state index < -0.39 is 0 Å². The zero-order chi connectivity index (χ0) is 73.9. The smallest absolute Gasteiger partial charge is 0.252 e. The van der Waals surface area contributed by atoms with Crippen LogP contribution in [0.15, 0.2) is 309 Å². The number of hydrogen-bond acceptors (Lipinski definition) is 3. The Morgan fingerprint density at radius 2 is 0.611 bits per heavy atom. The van der Waals surface area contributed by atoms with Crippen LogP contribution < -0.4 is 26.2 Å². The minimum atomic E-state index is -0.250. The van der Waals surface area contributed by atoms with Crippen LogP contribution in [0, 0.1) is 0 Å². The van der Waals surface area contributed by atoms with E-state index in [0.717, 1.165) is 50.7 Å². The highest BCUT2D eigenvalue weighted by Gasteiger charge is 2.47. The summed E-state index contributed by atoms with van der Waals surface area (Å²) in [6.45, 7) is 28.2. The second-order valence-electron chi connectivity index (χ2n) is 34.4. The summed E-state index contributed by atoms with van der Waals surface area (Å²) >= 11 is 1.94. The van der Waals surface area contributed by atoms with E-state index in [0.29, 0.717) is 0 Å². The number of para-hydroxylation sites is 2. The van der Waals surface area contributed by atoms with Gasteiger partial charge in [0.25, 0.3) is 6.71 Å². The standard InChI is InChI=1S/C104H87BN2S/c1-101(2,3)72-53-70(54-73(61-72)102(4,5)6)80-46-29-44-78(64-31-15-13-16-32-64)97(80)106-92-59-68(87-57-66-35-19-21-37-76(66)82-39-23-25-41-84(82)87)49-51-90(92)105-91-52-50-69(88-58-67-36-20-22-38-77(67)83-40-24-26-42-85(83)88)60-93(91)107(99-96(105)94(106)63-89-86-43-27-28-48-95(86)108-100(89)99)98-79(65-33-17-14-18-34-65)45-30-47-81(98)71-55-74(103(7,8)9)62-75(56-71)104(10,11)12/h13-63H,1-12H3. The molecule has 522 valence electrons. The molecule has 4 heteroatoms. The quantitative estimate of drug-likeness (QED) is 0.111. The van der Waals surface area contributed by atoms with Crippen molar-refractivity contribution in [3.05, 3.63) is 332 Å². The predicted molar refractivity (Wildman–Crippen MR) is 471 cm³/mol. The third kappa shape index (κ3) is 11.0. The maximum Gasteiger partial charge on any atom is 0.252 e. The van der Waals surface area contributed by atoms with Crippen LogP contribution in [0.4, 0.5) is 34.1 Å². The zero-order valence-electron chi connectivity index (χ0n) is 63.8. The van der Waals surface area contributed by atoms with Crippen molar-refractivity contribution in [3.8, 4) is 66.8 Å². The van der Waals surface area contributed by atoms with Crippen molar-refractivity contribution < 1.29 is 0 Å². The molecule has 1 aromatic heterocycles. The minimum absolute atomic E-state index is 0.144. The summed E-state index contributed by atoms with van der Waals surface area (Å²) in [6, 6.07) is 120. The molecule has 17 aromatic rings. The Kier molecular flexibility index (Phi) is 15.5. The van der Waals surface area contributed by atoms with E-state index in [1.165, 1.54) is 152 Å². The highest BCUT2D eigenvalue weighted by molar-refractivity contribution is 7.26. The van der Waals surface area contributed by atoms with Gasteiger partial charge in [0, 0.05) is 54.8 Å². The lowest BCUT2D eigenvalue weighted by Crippen LogP contribution is -2.61. The van der Waals surface area contributed by atoms with Crippen molar-refractivity contribution in [2.75, 3.05) is 9.80 Å². The van der Waals surface area contributed by atoms with Gasteiger partial charge in [-0.3, -0.25) is 0 Å². The fraction of sp³-hybridized carbons (Fsp3) is 0.154. The minimum Gasteiger partial charge on any atom is -0.310 e. The van der Waals surface area contributed by atoms with Crippen molar-refractivity contribution in [2.45, 2.75) is 105 Å². The highest BCUT2D eigenvalue weighted by Crippen LogP contribution is 2.58. The molecule has 0 fully saturated rings. The normalized spacial score (nSPS) is 13.1. The van der Waals surface area contributed by atoms with Crippen LogP contribution in [-0.4, -0.2) is 6.71 Å². The molecule has 16 aromatic carbocycles. The fourth-order valence-corrected chi connectivity index (χ4v) is 18.9. The van der Waals surface area contributed by atoms with E-state index in [1.54, 1.807) is 0 Å². The van der Waals surface area contributed by atoms with Crippen LogP contribution >= 0.6 is 11.3 Å². The first-order valence-corrected chi connectivity index (χ1v) is 39.3. The molecule has 2 nitrogen and oxygen atoms in total. The average Bonchev–Trinajstić information content (AvgIpc) is 1.09. The summed E-state index contributed by atoms with van der Waals surface area (Å²) in [6.07, 6.45) is 0. The van der Waals surface area contributed by atoms with Gasteiger partial charge in [-0.15, -0.1) is 11.3 Å². The molecule has 0 amide bonds. The third-order valence-electron chi connectivity index (χ3n) is 23.4. The van der Waals surface area contributed by atoms with Crippen molar-refractivity contribution in [1.82, 2.24) is 0 Å². The Balaban J connectivity index is 1.02. The molecule has 0 unspecified atom stereocenters. The molecule has 19 rings (SSSR count). The predicted octanol–water partition coefficient (Wildman–Crippen LogP) is 27.9. The lowest BCUT2D eigenvalue weighted by molar-refractivity contribution is 0.568. The fourth-order valence-electron chi connectivity index (χ4n) is 17.7. The van der Waals surface area contributed by atoms with Crippen LogP contribution in [0.5, 0.6) is 0 Å². The summed E-state index contributed by atoms with van der Waals surface area (Å²) in [5.74, 6) is 0. The SMILES string of the molecule is CC(C)(C)c1cc(-c2cccc(-c3ccccc3)c2N2c3cc(-c4cc5ccccc5c5ccccc45)ccc3B3c4ccc(-c5cc6ccccc6c6ccccc56)cc4N(c4c(-c5ccccc5)cccc4-c4cc(C(C)(C)C)cc(C(C)(C)C)c4)c4c3c2cc2c4sc3ccccc32)cc(C(C)(C)C)c1. The molecule has 3 heterocycles. The van der Waals surface area contributed by atoms with Crippen molar-refractivity contribution >= 4 is 132 Å². The van der Waals surface area contributed by atoms with Crippen molar-refractivity contribution in [2.24, 2.45) is 0 Å². The lowest BCUT2D eigenvalue weighted by atomic mass is 9.33. The van der Waals surface area contributed by atoms with Crippen LogP contribution in [-0.2, 0) is 21.7 Å². The van der Waals surface area contributed by atoms with E-state index in [1.807, 2.05) is 11.3 Å². The molecule has 2 aliphatic rings. The molecule has 0 saturated heterocycles. The maximum atomic E-state index is 2.80. The van der Waals surface area contributed by atoms with Crippen LogP contribution in [0.25, 0.3) is 130 Å². The first-order chi connectivity index (χ1) is 52.1. The van der Waals surface area contributed by atoms with E-state index >= 15 is 0 Å². The second kappa shape index (κ2) is 25.0. The number of fused-ring (bicyclic) bond motifs is 14. The largest absolute Gasteiger partial charge is 0.310 e.